The maximum atomic E-state index is 14.9. The van der Waals surface area contributed by atoms with Crippen molar-refractivity contribution in [2.24, 2.45) is 11.8 Å². The molecular formula is C35H43F. The molecule has 0 heterocycles. The van der Waals surface area contributed by atoms with Crippen LogP contribution in [0.4, 0.5) is 4.39 Å². The quantitative estimate of drug-likeness (QED) is 0.199. The van der Waals surface area contributed by atoms with Gasteiger partial charge in [-0.15, -0.1) is 0 Å². The number of unbranched alkanes of at least 4 members (excludes halogenated alkanes) is 3. The van der Waals surface area contributed by atoms with E-state index in [4.69, 9.17) is 0 Å². The second-order valence-electron chi connectivity index (χ2n) is 10.9. The monoisotopic (exact) mass is 482 g/mol. The zero-order valence-electron chi connectivity index (χ0n) is 22.4. The molecule has 36 heavy (non-hydrogen) atoms. The lowest BCUT2D eigenvalue weighted by Crippen LogP contribution is -2.15. The van der Waals surface area contributed by atoms with Gasteiger partial charge < -0.3 is 0 Å². The van der Waals surface area contributed by atoms with E-state index in [1.54, 1.807) is 0 Å². The number of hydrogen-bond donors (Lipinski definition) is 0. The fourth-order valence-corrected chi connectivity index (χ4v) is 5.74. The molecule has 1 heteroatoms. The molecule has 0 aliphatic heterocycles. The lowest BCUT2D eigenvalue weighted by atomic mass is 9.78. The van der Waals surface area contributed by atoms with Gasteiger partial charge in [-0.3, -0.25) is 0 Å². The van der Waals surface area contributed by atoms with Gasteiger partial charge in [0.15, 0.2) is 0 Å². The maximum Gasteiger partial charge on any atom is 0.134 e. The first-order valence-electron chi connectivity index (χ1n) is 14.5. The Morgan fingerprint density at radius 1 is 0.694 bits per heavy atom. The number of fused-ring (bicyclic) bond motifs is 1. The van der Waals surface area contributed by atoms with E-state index in [1.165, 1.54) is 63.4 Å². The van der Waals surface area contributed by atoms with Crippen LogP contribution in [-0.4, -0.2) is 0 Å². The fourth-order valence-electron chi connectivity index (χ4n) is 5.74. The number of aryl methyl sites for hydroxylation is 2. The molecule has 3 aromatic rings. The van der Waals surface area contributed by atoms with Gasteiger partial charge in [0.05, 0.1) is 0 Å². The summed E-state index contributed by atoms with van der Waals surface area (Å²) in [5.74, 6) is 8.41. The Hall–Kier alpha value is -2.59. The molecule has 0 amide bonds. The third-order valence-electron chi connectivity index (χ3n) is 8.16. The molecule has 0 bridgehead atoms. The fraction of sp³-hybridized carbons (Fsp3) is 0.486. The summed E-state index contributed by atoms with van der Waals surface area (Å²) in [6.45, 7) is 4.48. The molecule has 3 aromatic carbocycles. The minimum Gasteiger partial charge on any atom is -0.206 e. The van der Waals surface area contributed by atoms with E-state index in [0.717, 1.165) is 59.6 Å². The SMILES string of the molecule is CCCCCc1ccc2cc(C#Cc3ccc(CCC4CCC(CCCC)CC4)cc3)ccc2c1F. The van der Waals surface area contributed by atoms with E-state index in [1.807, 2.05) is 30.3 Å². The van der Waals surface area contributed by atoms with Crippen LogP contribution < -0.4 is 0 Å². The Bertz CT molecular complexity index is 1150. The van der Waals surface area contributed by atoms with Crippen LogP contribution in [0, 0.1) is 29.5 Å². The molecule has 4 rings (SSSR count). The highest BCUT2D eigenvalue weighted by atomic mass is 19.1. The lowest BCUT2D eigenvalue weighted by molar-refractivity contribution is 0.250. The normalized spacial score (nSPS) is 17.6. The van der Waals surface area contributed by atoms with Gasteiger partial charge in [-0.25, -0.2) is 4.39 Å². The van der Waals surface area contributed by atoms with Gasteiger partial charge in [-0.1, -0.05) is 114 Å². The first kappa shape index (κ1) is 26.5. The van der Waals surface area contributed by atoms with Crippen LogP contribution in [-0.2, 0) is 12.8 Å². The Morgan fingerprint density at radius 2 is 1.36 bits per heavy atom. The second-order valence-corrected chi connectivity index (χ2v) is 10.9. The Kier molecular flexibility index (Phi) is 10.0. The predicted molar refractivity (Wildman–Crippen MR) is 153 cm³/mol. The third kappa shape index (κ3) is 7.46. The zero-order chi connectivity index (χ0) is 25.2. The van der Waals surface area contributed by atoms with E-state index in [2.05, 4.69) is 50.0 Å². The van der Waals surface area contributed by atoms with Crippen LogP contribution in [0.1, 0.15) is 107 Å². The van der Waals surface area contributed by atoms with Crippen molar-refractivity contribution in [2.75, 3.05) is 0 Å². The average molecular weight is 483 g/mol. The van der Waals surface area contributed by atoms with Crippen molar-refractivity contribution in [3.8, 4) is 11.8 Å². The highest BCUT2D eigenvalue weighted by Crippen LogP contribution is 2.34. The summed E-state index contributed by atoms with van der Waals surface area (Å²) in [6.07, 6.45) is 16.6. The summed E-state index contributed by atoms with van der Waals surface area (Å²) in [7, 11) is 0. The molecule has 1 aliphatic carbocycles. The highest BCUT2D eigenvalue weighted by Gasteiger charge is 2.20. The molecule has 0 N–H and O–H groups in total. The first-order valence-corrected chi connectivity index (χ1v) is 14.5. The van der Waals surface area contributed by atoms with Gasteiger partial charge in [0.2, 0.25) is 0 Å². The van der Waals surface area contributed by atoms with Crippen molar-refractivity contribution in [3.63, 3.8) is 0 Å². The molecule has 0 unspecified atom stereocenters. The van der Waals surface area contributed by atoms with E-state index in [0.29, 0.717) is 5.39 Å². The molecule has 1 saturated carbocycles. The Balaban J connectivity index is 1.30. The number of rotatable bonds is 10. The topological polar surface area (TPSA) is 0 Å². The molecule has 0 nitrogen and oxygen atoms in total. The number of halogens is 1. The van der Waals surface area contributed by atoms with Crippen molar-refractivity contribution in [2.45, 2.75) is 97.3 Å². The summed E-state index contributed by atoms with van der Waals surface area (Å²) >= 11 is 0. The van der Waals surface area contributed by atoms with Crippen LogP contribution >= 0.6 is 0 Å². The standard InChI is InChI=1S/C35H43F/c1-3-5-7-9-32-23-24-33-26-31(22-25-34(33)35(32)36)21-20-30-18-16-29(17-19-30)15-14-28-12-10-27(11-13-28)8-6-4-2/h16-19,22-28H,3-15H2,1-2H3. The van der Waals surface area contributed by atoms with Crippen LogP contribution in [0.5, 0.6) is 0 Å². The predicted octanol–water partition coefficient (Wildman–Crippen LogP) is 10.0. The highest BCUT2D eigenvalue weighted by molar-refractivity contribution is 5.85. The van der Waals surface area contributed by atoms with Crippen LogP contribution in [0.25, 0.3) is 10.8 Å². The van der Waals surface area contributed by atoms with Gasteiger partial charge in [0, 0.05) is 16.5 Å². The van der Waals surface area contributed by atoms with Crippen LogP contribution in [0.2, 0.25) is 0 Å². The second kappa shape index (κ2) is 13.6. The summed E-state index contributed by atoms with van der Waals surface area (Å²) in [5, 5.41) is 1.63. The van der Waals surface area contributed by atoms with Crippen molar-refractivity contribution in [1.82, 2.24) is 0 Å². The molecule has 0 radical (unpaired) electrons. The van der Waals surface area contributed by atoms with Gasteiger partial charge in [0.1, 0.15) is 5.82 Å². The van der Waals surface area contributed by atoms with Gasteiger partial charge in [0.25, 0.3) is 0 Å². The van der Waals surface area contributed by atoms with Crippen LogP contribution in [0.15, 0.2) is 54.6 Å². The van der Waals surface area contributed by atoms with Crippen molar-refractivity contribution >= 4 is 10.8 Å². The molecule has 0 saturated heterocycles. The van der Waals surface area contributed by atoms with Crippen molar-refractivity contribution in [3.05, 3.63) is 82.7 Å². The largest absolute Gasteiger partial charge is 0.206 e. The lowest BCUT2D eigenvalue weighted by Gasteiger charge is -2.28. The van der Waals surface area contributed by atoms with E-state index >= 15 is 0 Å². The van der Waals surface area contributed by atoms with Crippen LogP contribution in [0.3, 0.4) is 0 Å². The van der Waals surface area contributed by atoms with E-state index in [-0.39, 0.29) is 5.82 Å². The van der Waals surface area contributed by atoms with Crippen molar-refractivity contribution < 1.29 is 4.39 Å². The average Bonchev–Trinajstić information content (AvgIpc) is 2.92. The summed E-state index contributed by atoms with van der Waals surface area (Å²) in [6, 6.07) is 18.6. The summed E-state index contributed by atoms with van der Waals surface area (Å²) in [5.41, 5.74) is 4.21. The molecule has 0 atom stereocenters. The molecular weight excluding hydrogens is 439 g/mol. The van der Waals surface area contributed by atoms with E-state index < -0.39 is 0 Å². The smallest absolute Gasteiger partial charge is 0.134 e. The minimum atomic E-state index is -0.0664. The molecule has 0 spiro atoms. The Morgan fingerprint density at radius 3 is 2.08 bits per heavy atom. The number of benzene rings is 3. The van der Waals surface area contributed by atoms with Gasteiger partial charge in [-0.05, 0) is 78.3 Å². The summed E-state index contributed by atoms with van der Waals surface area (Å²) in [4.78, 5) is 0. The molecule has 1 aliphatic rings. The molecule has 0 aromatic heterocycles. The Labute approximate surface area is 218 Å². The van der Waals surface area contributed by atoms with Gasteiger partial charge in [-0.2, -0.15) is 0 Å². The third-order valence-corrected chi connectivity index (χ3v) is 8.16. The summed E-state index contributed by atoms with van der Waals surface area (Å²) < 4.78 is 14.9. The van der Waals surface area contributed by atoms with Gasteiger partial charge >= 0.3 is 0 Å². The molecule has 1 fully saturated rings. The zero-order valence-corrected chi connectivity index (χ0v) is 22.4. The minimum absolute atomic E-state index is 0.0664. The van der Waals surface area contributed by atoms with E-state index in [9.17, 15) is 4.39 Å². The number of hydrogen-bond acceptors (Lipinski definition) is 0. The maximum absolute atomic E-state index is 14.9. The van der Waals surface area contributed by atoms with Crippen molar-refractivity contribution in [1.29, 1.82) is 0 Å². The molecule has 190 valence electrons. The first-order chi connectivity index (χ1) is 17.7.